The van der Waals surface area contributed by atoms with Crippen molar-refractivity contribution in [1.29, 1.82) is 0 Å². The van der Waals surface area contributed by atoms with Gasteiger partial charge in [0.25, 0.3) is 15.9 Å². The highest BCUT2D eigenvalue weighted by Gasteiger charge is 2.26. The van der Waals surface area contributed by atoms with Crippen molar-refractivity contribution in [3.05, 3.63) is 71.2 Å². The number of anilines is 1. The Labute approximate surface area is 161 Å². The van der Waals surface area contributed by atoms with Crippen LogP contribution in [0.2, 0.25) is 0 Å². The zero-order valence-electron chi connectivity index (χ0n) is 14.0. The van der Waals surface area contributed by atoms with E-state index in [1.165, 1.54) is 18.3 Å². The molecule has 2 aromatic rings. The van der Waals surface area contributed by atoms with Gasteiger partial charge >= 0.3 is 0 Å². The van der Waals surface area contributed by atoms with Gasteiger partial charge in [0, 0.05) is 10.7 Å². The minimum absolute atomic E-state index is 0.105. The molecule has 0 aliphatic heterocycles. The third-order valence-corrected chi connectivity index (χ3v) is 5.59. The van der Waals surface area contributed by atoms with E-state index >= 15 is 0 Å². The van der Waals surface area contributed by atoms with Crippen LogP contribution in [-0.2, 0) is 14.8 Å². The first kappa shape index (κ1) is 19.9. The van der Waals surface area contributed by atoms with Gasteiger partial charge in [0.2, 0.25) is 0 Å². The molecule has 0 aromatic heterocycles. The summed E-state index contributed by atoms with van der Waals surface area (Å²) in [5, 5.41) is 3.74. The van der Waals surface area contributed by atoms with Crippen LogP contribution in [0.5, 0.6) is 0 Å². The first-order chi connectivity index (χ1) is 12.4. The molecule has 0 bridgehead atoms. The van der Waals surface area contributed by atoms with E-state index in [0.29, 0.717) is 5.69 Å². The van der Waals surface area contributed by atoms with Crippen LogP contribution in [0.4, 0.5) is 5.69 Å². The molecule has 0 saturated carbocycles. The molecule has 0 radical (unpaired) electrons. The van der Waals surface area contributed by atoms with Crippen LogP contribution in [0.25, 0.3) is 0 Å². The Hall–Kier alpha value is -2.45. The summed E-state index contributed by atoms with van der Waals surface area (Å²) in [6.45, 7) is 1.42. The Morgan fingerprint density at radius 3 is 2.42 bits per heavy atom. The number of halogens is 1. The van der Waals surface area contributed by atoms with Crippen LogP contribution in [0, 0.1) is 0 Å². The first-order valence-electron chi connectivity index (χ1n) is 7.71. The van der Waals surface area contributed by atoms with Crippen molar-refractivity contribution < 1.29 is 13.2 Å². The molecule has 2 rings (SSSR count). The highest BCUT2D eigenvalue weighted by Crippen LogP contribution is 2.25. The number of hydrogen-bond acceptors (Lipinski definition) is 4. The molecule has 136 valence electrons. The van der Waals surface area contributed by atoms with E-state index in [2.05, 4.69) is 26.5 Å². The van der Waals surface area contributed by atoms with Crippen LogP contribution in [-0.4, -0.2) is 27.1 Å². The second kappa shape index (κ2) is 9.30. The summed E-state index contributed by atoms with van der Waals surface area (Å²) in [6.07, 6.45) is 4.81. The Bertz CT molecular complexity index is 895. The van der Waals surface area contributed by atoms with Gasteiger partial charge in [-0.3, -0.25) is 9.10 Å². The molecule has 0 aliphatic carbocycles. The molecule has 2 aromatic carbocycles. The Balaban J connectivity index is 2.34. The molecule has 1 N–H and O–H groups in total. The number of nitrogens with one attached hydrogen (secondary N) is 1. The summed E-state index contributed by atoms with van der Waals surface area (Å²) >= 11 is 3.32. The van der Waals surface area contributed by atoms with E-state index in [1.54, 1.807) is 54.6 Å². The van der Waals surface area contributed by atoms with Gasteiger partial charge in [0.1, 0.15) is 6.54 Å². The summed E-state index contributed by atoms with van der Waals surface area (Å²) in [5.74, 6) is -0.548. The molecule has 1 amide bonds. The number of hydrogen-bond donors (Lipinski definition) is 1. The molecule has 0 aliphatic rings. The van der Waals surface area contributed by atoms with Crippen LogP contribution < -0.4 is 9.73 Å². The third kappa shape index (κ3) is 5.27. The molecular weight excluding hydrogens is 418 g/mol. The van der Waals surface area contributed by atoms with Gasteiger partial charge in [-0.15, -0.1) is 0 Å². The lowest BCUT2D eigenvalue weighted by atomic mass is 10.3. The zero-order valence-corrected chi connectivity index (χ0v) is 16.4. The lowest BCUT2D eigenvalue weighted by molar-refractivity contribution is -0.119. The monoisotopic (exact) mass is 435 g/mol. The Morgan fingerprint density at radius 1 is 1.15 bits per heavy atom. The van der Waals surface area contributed by atoms with E-state index in [9.17, 15) is 13.2 Å². The van der Waals surface area contributed by atoms with Gasteiger partial charge in [-0.05, 0) is 49.4 Å². The van der Waals surface area contributed by atoms with Crippen LogP contribution in [0.15, 0.2) is 81.2 Å². The molecule has 0 unspecified atom stereocenters. The number of carbonyl (C=O) groups is 1. The fraction of sp³-hybridized carbons (Fsp3) is 0.111. The quantitative estimate of drug-likeness (QED) is 0.534. The van der Waals surface area contributed by atoms with E-state index in [4.69, 9.17) is 0 Å². The first-order valence-corrected chi connectivity index (χ1v) is 9.95. The van der Waals surface area contributed by atoms with Gasteiger partial charge < -0.3 is 0 Å². The largest absolute Gasteiger partial charge is 0.271 e. The van der Waals surface area contributed by atoms with Crippen molar-refractivity contribution in [3.8, 4) is 0 Å². The highest BCUT2D eigenvalue weighted by molar-refractivity contribution is 9.10. The van der Waals surface area contributed by atoms with Crippen molar-refractivity contribution in [2.75, 3.05) is 10.8 Å². The summed E-state index contributed by atoms with van der Waals surface area (Å²) in [4.78, 5) is 12.3. The average Bonchev–Trinajstić information content (AvgIpc) is 2.65. The molecule has 8 heteroatoms. The topological polar surface area (TPSA) is 78.8 Å². The molecule has 0 atom stereocenters. The number of rotatable bonds is 7. The minimum Gasteiger partial charge on any atom is -0.271 e. The summed E-state index contributed by atoms with van der Waals surface area (Å²) in [6, 6.07) is 14.7. The number of allylic oxidation sites excluding steroid dienone is 2. The second-order valence-corrected chi connectivity index (χ2v) is 7.92. The molecule has 0 heterocycles. The van der Waals surface area contributed by atoms with Gasteiger partial charge in [-0.1, -0.05) is 40.2 Å². The Kier molecular flexibility index (Phi) is 7.11. The molecule has 6 nitrogen and oxygen atoms in total. The molecular formula is C18H18BrN3O3S. The average molecular weight is 436 g/mol. The van der Waals surface area contributed by atoms with Crippen molar-refractivity contribution >= 4 is 43.8 Å². The molecule has 0 saturated heterocycles. The van der Waals surface area contributed by atoms with Crippen LogP contribution >= 0.6 is 15.9 Å². The maximum atomic E-state index is 13.0. The number of hydrazone groups is 1. The normalized spacial score (nSPS) is 11.8. The standard InChI is InChI=1S/C18H18BrN3O3S/c1-2-3-13-20-21-18(23)14-22(16-11-9-15(19)10-12-16)26(24,25)17-7-5-4-6-8-17/h2-13H,14H2,1H3,(H,21,23)/b3-2+,20-13-. The molecule has 0 fully saturated rings. The van der Waals surface area contributed by atoms with Crippen molar-refractivity contribution in [2.45, 2.75) is 11.8 Å². The fourth-order valence-electron chi connectivity index (χ4n) is 2.05. The smallest absolute Gasteiger partial charge is 0.264 e. The van der Waals surface area contributed by atoms with E-state index < -0.39 is 22.5 Å². The highest BCUT2D eigenvalue weighted by atomic mass is 79.9. The van der Waals surface area contributed by atoms with E-state index in [-0.39, 0.29) is 4.90 Å². The second-order valence-electron chi connectivity index (χ2n) is 5.14. The van der Waals surface area contributed by atoms with Crippen LogP contribution in [0.1, 0.15) is 6.92 Å². The van der Waals surface area contributed by atoms with Crippen molar-refractivity contribution in [3.63, 3.8) is 0 Å². The predicted molar refractivity (Wildman–Crippen MR) is 107 cm³/mol. The van der Waals surface area contributed by atoms with Gasteiger partial charge in [-0.2, -0.15) is 5.10 Å². The third-order valence-electron chi connectivity index (χ3n) is 3.28. The zero-order chi connectivity index (χ0) is 19.0. The lowest BCUT2D eigenvalue weighted by Gasteiger charge is -2.23. The number of benzene rings is 2. The van der Waals surface area contributed by atoms with Crippen molar-refractivity contribution in [1.82, 2.24) is 5.43 Å². The van der Waals surface area contributed by atoms with E-state index in [1.807, 2.05) is 6.92 Å². The van der Waals surface area contributed by atoms with Gasteiger partial charge in [0.05, 0.1) is 10.6 Å². The summed E-state index contributed by atoms with van der Waals surface area (Å²) in [7, 11) is -3.91. The van der Waals surface area contributed by atoms with Gasteiger partial charge in [-0.25, -0.2) is 13.8 Å². The molecule has 0 spiro atoms. The number of amides is 1. The Morgan fingerprint density at radius 2 is 1.81 bits per heavy atom. The van der Waals surface area contributed by atoms with E-state index in [0.717, 1.165) is 8.78 Å². The van der Waals surface area contributed by atoms with Crippen LogP contribution in [0.3, 0.4) is 0 Å². The number of sulfonamides is 1. The maximum Gasteiger partial charge on any atom is 0.264 e. The minimum atomic E-state index is -3.91. The number of carbonyl (C=O) groups excluding carboxylic acids is 1. The summed E-state index contributed by atoms with van der Waals surface area (Å²) < 4.78 is 27.9. The fourth-order valence-corrected chi connectivity index (χ4v) is 3.75. The summed E-state index contributed by atoms with van der Waals surface area (Å²) in [5.41, 5.74) is 2.70. The lowest BCUT2D eigenvalue weighted by Crippen LogP contribution is -2.39. The predicted octanol–water partition coefficient (Wildman–Crippen LogP) is 3.32. The molecule has 26 heavy (non-hydrogen) atoms. The SMILES string of the molecule is C/C=C/C=N\NC(=O)CN(c1ccc(Br)cc1)S(=O)(=O)c1ccccc1. The van der Waals surface area contributed by atoms with Gasteiger partial charge in [0.15, 0.2) is 0 Å². The number of nitrogens with zero attached hydrogens (tertiary/aromatic N) is 2. The van der Waals surface area contributed by atoms with Crippen molar-refractivity contribution in [2.24, 2.45) is 5.10 Å². The maximum absolute atomic E-state index is 13.0.